The van der Waals surface area contributed by atoms with Crippen LogP contribution in [0.15, 0.2) is 0 Å². The Bertz CT molecular complexity index is 633. The summed E-state index contributed by atoms with van der Waals surface area (Å²) >= 11 is 0. The highest BCUT2D eigenvalue weighted by Gasteiger charge is 2.31. The molecule has 2 atom stereocenters. The van der Waals surface area contributed by atoms with Gasteiger partial charge in [-0.3, -0.25) is 9.59 Å². The molecule has 0 rings (SSSR count). The van der Waals surface area contributed by atoms with Crippen molar-refractivity contribution in [1.29, 1.82) is 0 Å². The van der Waals surface area contributed by atoms with Crippen LogP contribution >= 0.6 is 0 Å². The second kappa shape index (κ2) is 24.2. The van der Waals surface area contributed by atoms with Crippen molar-refractivity contribution in [3.63, 3.8) is 0 Å². The molecule has 230 valence electrons. The normalized spacial score (nSPS) is 13.2. The van der Waals surface area contributed by atoms with Gasteiger partial charge in [-0.2, -0.15) is 0 Å². The highest BCUT2D eigenvalue weighted by atomic mass is 16.6. The summed E-state index contributed by atoms with van der Waals surface area (Å²) in [5, 5.41) is 9.44. The van der Waals surface area contributed by atoms with E-state index >= 15 is 0 Å². The van der Waals surface area contributed by atoms with Crippen LogP contribution < -0.4 is 0 Å². The first kappa shape index (κ1) is 37.3. The molecule has 0 aromatic rings. The van der Waals surface area contributed by atoms with E-state index in [1.54, 1.807) is 6.92 Å². The second-order valence-electron chi connectivity index (χ2n) is 11.7. The molecule has 8 nitrogen and oxygen atoms in total. The number of quaternary nitrogens is 1. The molecule has 0 aromatic heterocycles. The minimum absolute atomic E-state index is 0.0606. The van der Waals surface area contributed by atoms with Crippen molar-refractivity contribution in [3.8, 4) is 0 Å². The number of unbranched alkanes of at least 4 members (excludes halogenated alkanes) is 14. The van der Waals surface area contributed by atoms with Crippen LogP contribution in [0.1, 0.15) is 129 Å². The molecule has 2 unspecified atom stereocenters. The number of carbonyl (C=O) groups is 3. The zero-order valence-corrected chi connectivity index (χ0v) is 25.8. The van der Waals surface area contributed by atoms with Gasteiger partial charge < -0.3 is 23.8 Å². The van der Waals surface area contributed by atoms with E-state index in [-0.39, 0.29) is 42.7 Å². The Hall–Kier alpha value is -1.67. The van der Waals surface area contributed by atoms with E-state index in [9.17, 15) is 19.5 Å². The van der Waals surface area contributed by atoms with Gasteiger partial charge in [-0.05, 0) is 6.42 Å². The minimum atomic E-state index is -0.880. The molecule has 0 aliphatic heterocycles. The van der Waals surface area contributed by atoms with Gasteiger partial charge in [0.2, 0.25) is 0 Å². The van der Waals surface area contributed by atoms with Crippen molar-refractivity contribution in [1.82, 2.24) is 0 Å². The molecule has 0 aliphatic carbocycles. The molecule has 0 aromatic carbocycles. The van der Waals surface area contributed by atoms with Gasteiger partial charge in [0, 0.05) is 19.3 Å². The quantitative estimate of drug-likeness (QED) is 0.0682. The van der Waals surface area contributed by atoms with Crippen LogP contribution in [0.4, 0.5) is 0 Å². The SMILES string of the molecule is CCCCCCCCCCCCCCCCCC(=O)OC(COCCC(C(=O)O)[N+](C)(C)C)COC(=O)CC. The van der Waals surface area contributed by atoms with Gasteiger partial charge in [0.15, 0.2) is 12.1 Å². The zero-order valence-electron chi connectivity index (χ0n) is 25.8. The second-order valence-corrected chi connectivity index (χ2v) is 11.7. The topological polar surface area (TPSA) is 99.1 Å². The van der Waals surface area contributed by atoms with E-state index in [0.717, 1.165) is 19.3 Å². The Kier molecular flexibility index (Phi) is 23.1. The van der Waals surface area contributed by atoms with Gasteiger partial charge >= 0.3 is 17.9 Å². The van der Waals surface area contributed by atoms with Crippen LogP contribution in [-0.4, -0.2) is 80.6 Å². The van der Waals surface area contributed by atoms with E-state index in [4.69, 9.17) is 14.2 Å². The molecule has 39 heavy (non-hydrogen) atoms. The number of hydrogen-bond donors (Lipinski definition) is 1. The van der Waals surface area contributed by atoms with E-state index in [1.807, 2.05) is 21.1 Å². The average Bonchev–Trinajstić information content (AvgIpc) is 2.87. The van der Waals surface area contributed by atoms with E-state index < -0.39 is 18.1 Å². The number of rotatable bonds is 27. The number of nitrogens with zero attached hydrogens (tertiary/aromatic N) is 1. The van der Waals surface area contributed by atoms with Gasteiger partial charge in [0.05, 0.1) is 34.4 Å². The summed E-state index contributed by atoms with van der Waals surface area (Å²) in [4.78, 5) is 35.4. The lowest BCUT2D eigenvalue weighted by molar-refractivity contribution is -0.887. The molecule has 1 N–H and O–H groups in total. The average molecular weight is 559 g/mol. The molecule has 0 fully saturated rings. The Labute approximate surface area is 238 Å². The molecule has 0 amide bonds. The Balaban J connectivity index is 4.05. The summed E-state index contributed by atoms with van der Waals surface area (Å²) in [5.41, 5.74) is 0. The largest absolute Gasteiger partial charge is 0.477 e. The molecule has 0 saturated heterocycles. The lowest BCUT2D eigenvalue weighted by atomic mass is 10.0. The summed E-state index contributed by atoms with van der Waals surface area (Å²) in [6.07, 6.45) is 19.2. The van der Waals surface area contributed by atoms with Crippen LogP contribution in [0.3, 0.4) is 0 Å². The Morgan fingerprint density at radius 3 is 1.62 bits per heavy atom. The van der Waals surface area contributed by atoms with Crippen molar-refractivity contribution in [2.75, 3.05) is 41.0 Å². The fraction of sp³-hybridized carbons (Fsp3) is 0.903. The number of likely N-dealkylation sites (N-methyl/N-ethyl adjacent to an activating group) is 1. The van der Waals surface area contributed by atoms with Gasteiger partial charge in [0.1, 0.15) is 6.61 Å². The zero-order chi connectivity index (χ0) is 29.4. The maximum absolute atomic E-state index is 12.4. The lowest BCUT2D eigenvalue weighted by Gasteiger charge is -2.31. The predicted octanol–water partition coefficient (Wildman–Crippen LogP) is 6.68. The van der Waals surface area contributed by atoms with E-state index in [2.05, 4.69) is 6.92 Å². The third-order valence-electron chi connectivity index (χ3n) is 7.06. The van der Waals surface area contributed by atoms with Gasteiger partial charge in [-0.1, -0.05) is 104 Å². The first-order valence-corrected chi connectivity index (χ1v) is 15.6. The third-order valence-corrected chi connectivity index (χ3v) is 7.06. The fourth-order valence-electron chi connectivity index (χ4n) is 4.54. The number of carboxylic acids is 1. The molecule has 0 heterocycles. The molecule has 0 bridgehead atoms. The maximum atomic E-state index is 12.4. The summed E-state index contributed by atoms with van der Waals surface area (Å²) in [6, 6.07) is -0.603. The smallest absolute Gasteiger partial charge is 0.362 e. The van der Waals surface area contributed by atoms with E-state index in [0.29, 0.717) is 12.8 Å². The number of aliphatic carboxylic acids is 1. The lowest BCUT2D eigenvalue weighted by Crippen LogP contribution is -2.50. The molecule has 0 saturated carbocycles. The van der Waals surface area contributed by atoms with Crippen LogP contribution in [0.25, 0.3) is 0 Å². The van der Waals surface area contributed by atoms with E-state index in [1.165, 1.54) is 77.0 Å². The first-order valence-electron chi connectivity index (χ1n) is 15.6. The van der Waals surface area contributed by atoms with Crippen LogP contribution in [0.5, 0.6) is 0 Å². The van der Waals surface area contributed by atoms with Crippen molar-refractivity contribution in [3.05, 3.63) is 0 Å². The number of esters is 2. The summed E-state index contributed by atoms with van der Waals surface area (Å²) in [5.74, 6) is -1.57. The minimum Gasteiger partial charge on any atom is -0.477 e. The van der Waals surface area contributed by atoms with Gasteiger partial charge in [-0.15, -0.1) is 0 Å². The van der Waals surface area contributed by atoms with Gasteiger partial charge in [-0.25, -0.2) is 4.79 Å². The molecule has 0 aliphatic rings. The van der Waals surface area contributed by atoms with Crippen LogP contribution in [0.2, 0.25) is 0 Å². The van der Waals surface area contributed by atoms with Crippen molar-refractivity contribution in [2.24, 2.45) is 0 Å². The van der Waals surface area contributed by atoms with Crippen molar-refractivity contribution < 1.29 is 38.2 Å². The Morgan fingerprint density at radius 2 is 1.18 bits per heavy atom. The monoisotopic (exact) mass is 558 g/mol. The predicted molar refractivity (Wildman–Crippen MR) is 156 cm³/mol. The van der Waals surface area contributed by atoms with Crippen LogP contribution in [0, 0.1) is 0 Å². The Morgan fingerprint density at radius 1 is 0.692 bits per heavy atom. The molecule has 0 spiro atoms. The number of ether oxygens (including phenoxy) is 3. The number of carboxylic acid groups (broad SMARTS) is 1. The van der Waals surface area contributed by atoms with Gasteiger partial charge in [0.25, 0.3) is 0 Å². The third kappa shape index (κ3) is 22.8. The highest BCUT2D eigenvalue weighted by Crippen LogP contribution is 2.14. The summed E-state index contributed by atoms with van der Waals surface area (Å²) in [7, 11) is 5.47. The highest BCUT2D eigenvalue weighted by molar-refractivity contribution is 5.72. The number of hydrogen-bond acceptors (Lipinski definition) is 6. The van der Waals surface area contributed by atoms with Crippen molar-refractivity contribution in [2.45, 2.75) is 142 Å². The summed E-state index contributed by atoms with van der Waals surface area (Å²) in [6.45, 7) is 4.17. The number of carbonyl (C=O) groups excluding carboxylic acids is 2. The fourth-order valence-corrected chi connectivity index (χ4v) is 4.54. The molecule has 8 heteroatoms. The van der Waals surface area contributed by atoms with Crippen LogP contribution in [-0.2, 0) is 28.6 Å². The standard InChI is InChI=1S/C31H59NO7/c1-6-8-9-10-11-12-13-14-15-16-17-18-19-20-21-22-30(34)39-27(26-38-29(33)7-2)25-37-24-23-28(31(35)36)32(3,4)5/h27-28H,6-26H2,1-5H3/p+1. The first-order chi connectivity index (χ1) is 18.6. The molecular formula is C31H60NO7+. The molecule has 0 radical (unpaired) electrons. The van der Waals surface area contributed by atoms with Crippen molar-refractivity contribution >= 4 is 17.9 Å². The summed E-state index contributed by atoms with van der Waals surface area (Å²) < 4.78 is 16.6. The maximum Gasteiger partial charge on any atom is 0.362 e. The molecular weight excluding hydrogens is 498 g/mol.